The molecule has 1 saturated heterocycles. The number of sulfonamides is 1. The highest BCUT2D eigenvalue weighted by molar-refractivity contribution is 7.89. The van der Waals surface area contributed by atoms with Crippen molar-refractivity contribution < 1.29 is 23.1 Å². The highest BCUT2D eigenvalue weighted by Gasteiger charge is 2.26. The Bertz CT molecular complexity index is 669. The molecule has 7 nitrogen and oxygen atoms in total. The van der Waals surface area contributed by atoms with Gasteiger partial charge in [0.05, 0.1) is 5.75 Å². The number of hydrogen-bond acceptors (Lipinski definition) is 4. The SMILES string of the molecule is O=C(O)CN(C(=O)CCCS(=O)(=O)N1CCCC1)c1ccccc1. The molecule has 1 aromatic rings. The molecule has 1 aromatic carbocycles. The van der Waals surface area contributed by atoms with Crippen molar-refractivity contribution in [2.24, 2.45) is 0 Å². The second-order valence-electron chi connectivity index (χ2n) is 5.73. The molecule has 0 atom stereocenters. The first kappa shape index (κ1) is 18.4. The summed E-state index contributed by atoms with van der Waals surface area (Å²) >= 11 is 0. The smallest absolute Gasteiger partial charge is 0.323 e. The van der Waals surface area contributed by atoms with Gasteiger partial charge in [0, 0.05) is 25.2 Å². The minimum Gasteiger partial charge on any atom is -0.480 e. The number of carbonyl (C=O) groups is 2. The van der Waals surface area contributed by atoms with Gasteiger partial charge >= 0.3 is 5.97 Å². The van der Waals surface area contributed by atoms with Crippen LogP contribution in [0.15, 0.2) is 30.3 Å². The standard InChI is InChI=1S/C16H22N2O5S/c19-15(9-6-12-24(22,23)17-10-4-5-11-17)18(13-16(20)21)14-7-2-1-3-8-14/h1-3,7-8H,4-6,9-13H2,(H,20,21). The van der Waals surface area contributed by atoms with Gasteiger partial charge in [-0.15, -0.1) is 0 Å². The van der Waals surface area contributed by atoms with E-state index in [0.717, 1.165) is 12.8 Å². The number of aliphatic carboxylic acids is 1. The molecular weight excluding hydrogens is 332 g/mol. The predicted octanol–water partition coefficient (Wildman–Crippen LogP) is 1.31. The first-order valence-electron chi connectivity index (χ1n) is 7.95. The molecule has 0 aromatic heterocycles. The fourth-order valence-corrected chi connectivity index (χ4v) is 4.28. The lowest BCUT2D eigenvalue weighted by Gasteiger charge is -2.21. The quantitative estimate of drug-likeness (QED) is 0.759. The molecule has 0 radical (unpaired) electrons. The molecule has 0 bridgehead atoms. The van der Waals surface area contributed by atoms with E-state index in [-0.39, 0.29) is 24.5 Å². The van der Waals surface area contributed by atoms with Gasteiger partial charge in [-0.05, 0) is 31.4 Å². The Morgan fingerprint density at radius 1 is 1.12 bits per heavy atom. The Hall–Kier alpha value is -1.93. The van der Waals surface area contributed by atoms with Crippen molar-refractivity contribution in [1.29, 1.82) is 0 Å². The zero-order valence-corrected chi connectivity index (χ0v) is 14.2. The molecule has 1 N–H and O–H groups in total. The van der Waals surface area contributed by atoms with Crippen molar-refractivity contribution in [3.8, 4) is 0 Å². The van der Waals surface area contributed by atoms with Gasteiger partial charge in [0.2, 0.25) is 15.9 Å². The number of carbonyl (C=O) groups excluding carboxylic acids is 1. The number of carboxylic acids is 1. The summed E-state index contributed by atoms with van der Waals surface area (Å²) in [5, 5.41) is 9.00. The minimum absolute atomic E-state index is 0.00472. The number of anilines is 1. The van der Waals surface area contributed by atoms with Crippen LogP contribution in [0.25, 0.3) is 0 Å². The van der Waals surface area contributed by atoms with Gasteiger partial charge in [-0.2, -0.15) is 0 Å². The fraction of sp³-hybridized carbons (Fsp3) is 0.500. The Balaban J connectivity index is 1.94. The second-order valence-corrected chi connectivity index (χ2v) is 7.82. The summed E-state index contributed by atoms with van der Waals surface area (Å²) in [6.07, 6.45) is 1.92. The number of nitrogens with zero attached hydrogens (tertiary/aromatic N) is 2. The van der Waals surface area contributed by atoms with Crippen LogP contribution in [-0.2, 0) is 19.6 Å². The summed E-state index contributed by atoms with van der Waals surface area (Å²) in [5.41, 5.74) is 0.493. The van der Waals surface area contributed by atoms with Gasteiger partial charge in [0.25, 0.3) is 0 Å². The Morgan fingerprint density at radius 2 is 1.75 bits per heavy atom. The van der Waals surface area contributed by atoms with Crippen molar-refractivity contribution in [3.63, 3.8) is 0 Å². The van der Waals surface area contributed by atoms with E-state index < -0.39 is 22.5 Å². The average molecular weight is 354 g/mol. The monoisotopic (exact) mass is 354 g/mol. The Morgan fingerprint density at radius 3 is 2.33 bits per heavy atom. The number of benzene rings is 1. The van der Waals surface area contributed by atoms with Crippen molar-refractivity contribution in [2.45, 2.75) is 25.7 Å². The van der Waals surface area contributed by atoms with Crippen molar-refractivity contribution >= 4 is 27.6 Å². The number of amides is 1. The van der Waals surface area contributed by atoms with Gasteiger partial charge in [-0.1, -0.05) is 18.2 Å². The van der Waals surface area contributed by atoms with Crippen molar-refractivity contribution in [2.75, 3.05) is 30.3 Å². The first-order valence-corrected chi connectivity index (χ1v) is 9.56. The third-order valence-corrected chi connectivity index (χ3v) is 5.87. The maximum absolute atomic E-state index is 12.3. The van der Waals surface area contributed by atoms with Crippen LogP contribution in [-0.4, -0.2) is 55.1 Å². The number of hydrogen-bond donors (Lipinski definition) is 1. The summed E-state index contributed by atoms with van der Waals surface area (Å²) in [6, 6.07) is 8.52. The lowest BCUT2D eigenvalue weighted by Crippen LogP contribution is -2.36. The normalized spacial score (nSPS) is 15.3. The molecule has 132 valence electrons. The van der Waals surface area contributed by atoms with Crippen LogP contribution in [0, 0.1) is 0 Å². The van der Waals surface area contributed by atoms with E-state index >= 15 is 0 Å². The summed E-state index contributed by atoms with van der Waals surface area (Å²) in [6.45, 7) is 0.651. The number of carboxylic acid groups (broad SMARTS) is 1. The van der Waals surface area contributed by atoms with Gasteiger partial charge in [-0.25, -0.2) is 12.7 Å². The van der Waals surface area contributed by atoms with Gasteiger partial charge in [-0.3, -0.25) is 9.59 Å². The highest BCUT2D eigenvalue weighted by atomic mass is 32.2. The van der Waals surface area contributed by atoms with Crippen LogP contribution in [0.1, 0.15) is 25.7 Å². The second kappa shape index (κ2) is 8.25. The van der Waals surface area contributed by atoms with E-state index in [4.69, 9.17) is 5.11 Å². The molecule has 1 heterocycles. The zero-order valence-electron chi connectivity index (χ0n) is 13.4. The van der Waals surface area contributed by atoms with E-state index in [0.29, 0.717) is 18.8 Å². The zero-order chi connectivity index (χ0) is 17.6. The molecule has 1 aliphatic rings. The van der Waals surface area contributed by atoms with Crippen LogP contribution >= 0.6 is 0 Å². The van der Waals surface area contributed by atoms with E-state index in [2.05, 4.69) is 0 Å². The maximum atomic E-state index is 12.3. The van der Waals surface area contributed by atoms with Crippen LogP contribution < -0.4 is 4.90 Å². The van der Waals surface area contributed by atoms with Gasteiger partial charge < -0.3 is 10.0 Å². The highest BCUT2D eigenvalue weighted by Crippen LogP contribution is 2.17. The molecule has 0 spiro atoms. The van der Waals surface area contributed by atoms with Crippen LogP contribution in [0.5, 0.6) is 0 Å². The number of para-hydroxylation sites is 1. The maximum Gasteiger partial charge on any atom is 0.323 e. The van der Waals surface area contributed by atoms with E-state index in [1.54, 1.807) is 30.3 Å². The molecule has 1 fully saturated rings. The third kappa shape index (κ3) is 5.04. The van der Waals surface area contributed by atoms with Crippen molar-refractivity contribution in [1.82, 2.24) is 4.31 Å². The van der Waals surface area contributed by atoms with Crippen LogP contribution in [0.2, 0.25) is 0 Å². The van der Waals surface area contributed by atoms with Crippen molar-refractivity contribution in [3.05, 3.63) is 30.3 Å². The summed E-state index contributed by atoms with van der Waals surface area (Å²) in [7, 11) is -3.32. The molecule has 24 heavy (non-hydrogen) atoms. The molecule has 0 saturated carbocycles. The van der Waals surface area contributed by atoms with Crippen LogP contribution in [0.4, 0.5) is 5.69 Å². The third-order valence-electron chi connectivity index (χ3n) is 3.91. The minimum atomic E-state index is -3.32. The predicted molar refractivity (Wildman–Crippen MR) is 90.3 cm³/mol. The van der Waals surface area contributed by atoms with E-state index in [1.165, 1.54) is 9.21 Å². The Kier molecular flexibility index (Phi) is 6.33. The lowest BCUT2D eigenvalue weighted by atomic mass is 10.2. The summed E-state index contributed by atoms with van der Waals surface area (Å²) in [5.74, 6) is -1.59. The largest absolute Gasteiger partial charge is 0.480 e. The molecule has 0 unspecified atom stereocenters. The van der Waals surface area contributed by atoms with E-state index in [9.17, 15) is 18.0 Å². The van der Waals surface area contributed by atoms with E-state index in [1.807, 2.05) is 0 Å². The molecular formula is C16H22N2O5S. The topological polar surface area (TPSA) is 95.0 Å². The molecule has 8 heteroatoms. The summed E-state index contributed by atoms with van der Waals surface area (Å²) < 4.78 is 25.7. The van der Waals surface area contributed by atoms with Crippen LogP contribution in [0.3, 0.4) is 0 Å². The van der Waals surface area contributed by atoms with Gasteiger partial charge in [0.1, 0.15) is 6.54 Å². The molecule has 2 rings (SSSR count). The van der Waals surface area contributed by atoms with Gasteiger partial charge in [0.15, 0.2) is 0 Å². The summed E-state index contributed by atoms with van der Waals surface area (Å²) in [4.78, 5) is 24.5. The first-order chi connectivity index (χ1) is 11.4. The molecule has 1 aliphatic heterocycles. The average Bonchev–Trinajstić information content (AvgIpc) is 3.08. The Labute approximate surface area is 141 Å². The number of rotatable bonds is 8. The fourth-order valence-electron chi connectivity index (χ4n) is 2.70. The molecule has 1 amide bonds. The molecule has 0 aliphatic carbocycles. The lowest BCUT2D eigenvalue weighted by molar-refractivity contribution is -0.136.